The predicted molar refractivity (Wildman–Crippen MR) is 88.8 cm³/mol. The molecule has 0 fully saturated rings. The second-order valence-corrected chi connectivity index (χ2v) is 7.75. The van der Waals surface area contributed by atoms with Gasteiger partial charge in [0.25, 0.3) is 0 Å². The Kier molecular flexibility index (Phi) is 4.75. The minimum Gasteiger partial charge on any atom is -0.346 e. The number of rotatable bonds is 5. The first-order valence-corrected chi connectivity index (χ1v) is 8.67. The molecule has 2 rings (SSSR count). The lowest BCUT2D eigenvalue weighted by molar-refractivity contribution is 0.265. The molecule has 1 N–H and O–H groups in total. The van der Waals surface area contributed by atoms with E-state index < -0.39 is 0 Å². The fraction of sp³-hybridized carbons (Fsp3) is 0.812. The Balaban J connectivity index is 2.34. The van der Waals surface area contributed by atoms with Crippen molar-refractivity contribution in [2.75, 3.05) is 18.5 Å². The molecule has 0 aromatic carbocycles. The Morgan fingerprint density at radius 3 is 2.70 bits per heavy atom. The summed E-state index contributed by atoms with van der Waals surface area (Å²) in [5.74, 6) is 0. The van der Waals surface area contributed by atoms with Crippen LogP contribution in [0, 0.1) is 5.41 Å². The number of fused-ring (bicyclic) bond motifs is 1. The summed E-state index contributed by atoms with van der Waals surface area (Å²) in [6.45, 7) is 12.5. The Labute approximate surface area is 127 Å². The maximum atomic E-state index is 4.99. The third kappa shape index (κ3) is 3.01. The van der Waals surface area contributed by atoms with E-state index in [-0.39, 0.29) is 0 Å². The van der Waals surface area contributed by atoms with Crippen LogP contribution >= 0.6 is 11.3 Å². The first kappa shape index (κ1) is 15.8. The van der Waals surface area contributed by atoms with Gasteiger partial charge in [0.1, 0.15) is 0 Å². The molecule has 114 valence electrons. The van der Waals surface area contributed by atoms with E-state index >= 15 is 0 Å². The molecular formula is C16H29N3S. The number of nitrogens with zero attached hydrogens (tertiary/aromatic N) is 2. The molecule has 0 bridgehead atoms. The predicted octanol–water partition coefficient (Wildman–Crippen LogP) is 4.00. The average molecular weight is 295 g/mol. The molecule has 0 saturated heterocycles. The van der Waals surface area contributed by atoms with Crippen LogP contribution in [0.25, 0.3) is 0 Å². The lowest BCUT2D eigenvalue weighted by Crippen LogP contribution is -2.32. The summed E-state index contributed by atoms with van der Waals surface area (Å²) in [7, 11) is 2.07. The molecule has 1 aliphatic carbocycles. The molecule has 2 unspecified atom stereocenters. The van der Waals surface area contributed by atoms with Crippen molar-refractivity contribution in [3.63, 3.8) is 0 Å². The number of hydrogen-bond donors (Lipinski definition) is 1. The van der Waals surface area contributed by atoms with Gasteiger partial charge >= 0.3 is 0 Å². The lowest BCUT2D eigenvalue weighted by atomic mass is 9.76. The van der Waals surface area contributed by atoms with Gasteiger partial charge in [0.15, 0.2) is 5.13 Å². The Hall–Kier alpha value is -0.610. The summed E-state index contributed by atoms with van der Waals surface area (Å²) >= 11 is 1.90. The van der Waals surface area contributed by atoms with Crippen LogP contribution in [-0.2, 0) is 6.42 Å². The van der Waals surface area contributed by atoms with Gasteiger partial charge < -0.3 is 10.2 Å². The molecule has 0 radical (unpaired) electrons. The van der Waals surface area contributed by atoms with Crippen molar-refractivity contribution in [3.8, 4) is 0 Å². The zero-order valence-electron chi connectivity index (χ0n) is 13.8. The molecule has 0 aliphatic heterocycles. The third-order valence-corrected chi connectivity index (χ3v) is 5.74. The monoisotopic (exact) mass is 295 g/mol. The van der Waals surface area contributed by atoms with Crippen molar-refractivity contribution >= 4 is 16.5 Å². The molecule has 1 heterocycles. The van der Waals surface area contributed by atoms with E-state index in [2.05, 4.69) is 51.9 Å². The standard InChI is InChI=1S/C16H29N3S/c1-7-11(3)19(8-2)15-18-13-10-16(4,5)9-12(17-6)14(13)20-15/h11-12,17H,7-10H2,1-6H3. The van der Waals surface area contributed by atoms with Gasteiger partial charge in [0.05, 0.1) is 5.69 Å². The highest BCUT2D eigenvalue weighted by Gasteiger charge is 2.35. The normalized spacial score (nSPS) is 22.4. The fourth-order valence-corrected chi connectivity index (χ4v) is 4.49. The molecule has 0 saturated carbocycles. The van der Waals surface area contributed by atoms with Crippen LogP contribution in [0.1, 0.15) is 64.1 Å². The molecule has 1 aliphatic rings. The van der Waals surface area contributed by atoms with E-state index in [0.717, 1.165) is 13.0 Å². The molecule has 1 aromatic rings. The second-order valence-electron chi connectivity index (χ2n) is 6.74. The summed E-state index contributed by atoms with van der Waals surface area (Å²) in [6.07, 6.45) is 3.47. The highest BCUT2D eigenvalue weighted by Crippen LogP contribution is 2.44. The van der Waals surface area contributed by atoms with Gasteiger partial charge in [-0.25, -0.2) is 4.98 Å². The smallest absolute Gasteiger partial charge is 0.186 e. The topological polar surface area (TPSA) is 28.2 Å². The van der Waals surface area contributed by atoms with Crippen LogP contribution in [0.15, 0.2) is 0 Å². The van der Waals surface area contributed by atoms with E-state index in [9.17, 15) is 0 Å². The minimum absolute atomic E-state index is 0.347. The highest BCUT2D eigenvalue weighted by atomic mass is 32.1. The van der Waals surface area contributed by atoms with Gasteiger partial charge in [-0.3, -0.25) is 0 Å². The quantitative estimate of drug-likeness (QED) is 0.890. The van der Waals surface area contributed by atoms with E-state index in [0.29, 0.717) is 17.5 Å². The summed E-state index contributed by atoms with van der Waals surface area (Å²) in [6, 6.07) is 1.03. The summed E-state index contributed by atoms with van der Waals surface area (Å²) in [4.78, 5) is 8.90. The van der Waals surface area contributed by atoms with Crippen molar-refractivity contribution in [2.24, 2.45) is 5.41 Å². The van der Waals surface area contributed by atoms with Gasteiger partial charge in [-0.15, -0.1) is 0 Å². The molecule has 1 aromatic heterocycles. The number of anilines is 1. The van der Waals surface area contributed by atoms with Gasteiger partial charge in [-0.2, -0.15) is 0 Å². The third-order valence-electron chi connectivity index (χ3n) is 4.49. The molecule has 4 heteroatoms. The van der Waals surface area contributed by atoms with Crippen LogP contribution in [0.3, 0.4) is 0 Å². The first-order valence-electron chi connectivity index (χ1n) is 7.85. The number of aromatic nitrogens is 1. The maximum Gasteiger partial charge on any atom is 0.186 e. The molecule has 20 heavy (non-hydrogen) atoms. The van der Waals surface area contributed by atoms with Crippen molar-refractivity contribution in [1.29, 1.82) is 0 Å². The van der Waals surface area contributed by atoms with E-state index in [1.165, 1.54) is 28.5 Å². The van der Waals surface area contributed by atoms with Crippen LogP contribution in [0.4, 0.5) is 5.13 Å². The van der Waals surface area contributed by atoms with Gasteiger partial charge in [0, 0.05) is 23.5 Å². The van der Waals surface area contributed by atoms with Crippen LogP contribution < -0.4 is 10.2 Å². The molecule has 0 spiro atoms. The van der Waals surface area contributed by atoms with E-state index in [1.807, 2.05) is 11.3 Å². The Morgan fingerprint density at radius 2 is 2.15 bits per heavy atom. The summed E-state index contributed by atoms with van der Waals surface area (Å²) in [5.41, 5.74) is 1.67. The minimum atomic E-state index is 0.347. The summed E-state index contributed by atoms with van der Waals surface area (Å²) < 4.78 is 0. The second kappa shape index (κ2) is 6.02. The zero-order valence-corrected chi connectivity index (χ0v) is 14.6. The van der Waals surface area contributed by atoms with Crippen LogP contribution in [-0.4, -0.2) is 24.6 Å². The van der Waals surface area contributed by atoms with Crippen LogP contribution in [0.2, 0.25) is 0 Å². The summed E-state index contributed by atoms with van der Waals surface area (Å²) in [5, 5.41) is 4.69. The number of hydrogen-bond acceptors (Lipinski definition) is 4. The lowest BCUT2D eigenvalue weighted by Gasteiger charge is -2.34. The number of thiazole rings is 1. The molecular weight excluding hydrogens is 266 g/mol. The van der Waals surface area contributed by atoms with Gasteiger partial charge in [0.2, 0.25) is 0 Å². The van der Waals surface area contributed by atoms with E-state index in [1.54, 1.807) is 0 Å². The number of nitrogens with one attached hydrogen (secondary N) is 1. The average Bonchev–Trinajstić information content (AvgIpc) is 2.80. The highest BCUT2D eigenvalue weighted by molar-refractivity contribution is 7.15. The molecule has 2 atom stereocenters. The van der Waals surface area contributed by atoms with Crippen LogP contribution in [0.5, 0.6) is 0 Å². The zero-order chi connectivity index (χ0) is 14.9. The van der Waals surface area contributed by atoms with Crippen molar-refractivity contribution in [3.05, 3.63) is 10.6 Å². The van der Waals surface area contributed by atoms with E-state index in [4.69, 9.17) is 4.98 Å². The first-order chi connectivity index (χ1) is 9.41. The largest absolute Gasteiger partial charge is 0.346 e. The Morgan fingerprint density at radius 1 is 1.45 bits per heavy atom. The van der Waals surface area contributed by atoms with Crippen molar-refractivity contribution < 1.29 is 0 Å². The van der Waals surface area contributed by atoms with Gasteiger partial charge in [-0.1, -0.05) is 32.1 Å². The van der Waals surface area contributed by atoms with Crippen molar-refractivity contribution in [1.82, 2.24) is 10.3 Å². The van der Waals surface area contributed by atoms with Crippen molar-refractivity contribution in [2.45, 2.75) is 66.0 Å². The Bertz CT molecular complexity index is 453. The molecule has 3 nitrogen and oxygen atoms in total. The molecule has 0 amide bonds. The fourth-order valence-electron chi connectivity index (χ4n) is 3.13. The SMILES string of the molecule is CCC(C)N(CC)c1nc2c(s1)C(NC)CC(C)(C)C2. The maximum absolute atomic E-state index is 4.99. The van der Waals surface area contributed by atoms with Gasteiger partial charge in [-0.05, 0) is 45.6 Å².